The standard InChI is InChI=1S/C12H11ClO5/c1-7(11(15)17-2)6-18-12(16)8-3-4-10(14)9(13)5-8/h3-5,14H,1,6H2,2H3. The second kappa shape index (κ2) is 6.07. The van der Waals surface area contributed by atoms with Gasteiger partial charge in [0, 0.05) is 0 Å². The molecular formula is C12H11ClO5. The van der Waals surface area contributed by atoms with Gasteiger partial charge in [-0.3, -0.25) is 0 Å². The Hall–Kier alpha value is -2.01. The van der Waals surface area contributed by atoms with Crippen molar-refractivity contribution >= 4 is 23.5 Å². The first-order valence-electron chi connectivity index (χ1n) is 4.87. The molecule has 0 unspecified atom stereocenters. The number of rotatable bonds is 4. The van der Waals surface area contributed by atoms with Gasteiger partial charge in [0.05, 0.1) is 23.3 Å². The molecule has 0 amide bonds. The van der Waals surface area contributed by atoms with Crippen LogP contribution in [-0.4, -0.2) is 30.8 Å². The highest BCUT2D eigenvalue weighted by atomic mass is 35.5. The lowest BCUT2D eigenvalue weighted by atomic mass is 10.2. The zero-order chi connectivity index (χ0) is 13.7. The Morgan fingerprint density at radius 1 is 1.44 bits per heavy atom. The number of esters is 2. The van der Waals surface area contributed by atoms with E-state index >= 15 is 0 Å². The molecule has 1 aromatic rings. The van der Waals surface area contributed by atoms with Crippen LogP contribution in [0.5, 0.6) is 5.75 Å². The predicted octanol–water partition coefficient (Wildman–Crippen LogP) is 1.93. The van der Waals surface area contributed by atoms with Crippen LogP contribution < -0.4 is 0 Å². The average Bonchev–Trinajstić information content (AvgIpc) is 2.37. The van der Waals surface area contributed by atoms with Crippen LogP contribution in [0, 0.1) is 0 Å². The average molecular weight is 271 g/mol. The number of hydrogen-bond acceptors (Lipinski definition) is 5. The van der Waals surface area contributed by atoms with Crippen molar-refractivity contribution in [3.05, 3.63) is 40.9 Å². The summed E-state index contributed by atoms with van der Waals surface area (Å²) in [6.07, 6.45) is 0. The van der Waals surface area contributed by atoms with Crippen LogP contribution >= 0.6 is 11.6 Å². The molecule has 0 spiro atoms. The Labute approximate surface area is 109 Å². The second-order valence-electron chi connectivity index (χ2n) is 3.34. The molecule has 0 radical (unpaired) electrons. The molecule has 0 aromatic heterocycles. The third-order valence-electron chi connectivity index (χ3n) is 2.03. The zero-order valence-corrected chi connectivity index (χ0v) is 10.4. The van der Waals surface area contributed by atoms with Crippen LogP contribution in [-0.2, 0) is 14.3 Å². The minimum atomic E-state index is -0.679. The van der Waals surface area contributed by atoms with Gasteiger partial charge in [-0.05, 0) is 18.2 Å². The lowest BCUT2D eigenvalue weighted by Gasteiger charge is -2.06. The summed E-state index contributed by atoms with van der Waals surface area (Å²) in [5.74, 6) is -1.46. The van der Waals surface area contributed by atoms with Crippen LogP contribution in [0.15, 0.2) is 30.4 Å². The summed E-state index contributed by atoms with van der Waals surface area (Å²) in [4.78, 5) is 22.6. The van der Waals surface area contributed by atoms with Crippen LogP contribution in [0.4, 0.5) is 0 Å². The number of phenolic OH excluding ortho intramolecular Hbond substituents is 1. The van der Waals surface area contributed by atoms with E-state index in [1.165, 1.54) is 25.3 Å². The maximum Gasteiger partial charge on any atom is 0.338 e. The third-order valence-corrected chi connectivity index (χ3v) is 2.34. The van der Waals surface area contributed by atoms with Gasteiger partial charge in [-0.2, -0.15) is 0 Å². The molecule has 0 saturated carbocycles. The molecule has 0 aliphatic rings. The van der Waals surface area contributed by atoms with Gasteiger partial charge in [0.1, 0.15) is 12.4 Å². The van der Waals surface area contributed by atoms with Gasteiger partial charge < -0.3 is 14.6 Å². The number of carbonyl (C=O) groups is 2. The molecule has 0 fully saturated rings. The van der Waals surface area contributed by atoms with E-state index in [0.717, 1.165) is 0 Å². The molecular weight excluding hydrogens is 260 g/mol. The van der Waals surface area contributed by atoms with Crippen LogP contribution in [0.2, 0.25) is 5.02 Å². The molecule has 96 valence electrons. The summed E-state index contributed by atoms with van der Waals surface area (Å²) in [5.41, 5.74) is 0.186. The molecule has 1 aromatic carbocycles. The van der Waals surface area contributed by atoms with E-state index in [-0.39, 0.29) is 28.5 Å². The monoisotopic (exact) mass is 270 g/mol. The summed E-state index contributed by atoms with van der Waals surface area (Å²) in [7, 11) is 1.20. The first-order valence-corrected chi connectivity index (χ1v) is 5.25. The van der Waals surface area contributed by atoms with E-state index in [9.17, 15) is 14.7 Å². The Bertz CT molecular complexity index is 495. The van der Waals surface area contributed by atoms with Gasteiger partial charge in [-0.15, -0.1) is 0 Å². The van der Waals surface area contributed by atoms with Crippen molar-refractivity contribution in [1.82, 2.24) is 0 Å². The number of ether oxygens (including phenoxy) is 2. The van der Waals surface area contributed by atoms with E-state index in [0.29, 0.717) is 0 Å². The summed E-state index contributed by atoms with van der Waals surface area (Å²) in [5, 5.41) is 9.23. The Balaban J connectivity index is 2.63. The number of benzene rings is 1. The van der Waals surface area contributed by atoms with Gasteiger partial charge in [0.15, 0.2) is 0 Å². The van der Waals surface area contributed by atoms with Crippen molar-refractivity contribution < 1.29 is 24.2 Å². The molecule has 0 aliphatic heterocycles. The highest BCUT2D eigenvalue weighted by molar-refractivity contribution is 6.32. The van der Waals surface area contributed by atoms with Gasteiger partial charge >= 0.3 is 11.9 Å². The maximum atomic E-state index is 11.6. The molecule has 1 N–H and O–H groups in total. The molecule has 5 nitrogen and oxygen atoms in total. The lowest BCUT2D eigenvalue weighted by molar-refractivity contribution is -0.136. The Kier molecular flexibility index (Phi) is 4.74. The molecule has 1 rings (SSSR count). The number of hydrogen-bond donors (Lipinski definition) is 1. The van der Waals surface area contributed by atoms with Crippen LogP contribution in [0.1, 0.15) is 10.4 Å². The van der Waals surface area contributed by atoms with E-state index in [1.54, 1.807) is 0 Å². The highest BCUT2D eigenvalue weighted by Gasteiger charge is 2.13. The number of methoxy groups -OCH3 is 1. The number of halogens is 1. The highest BCUT2D eigenvalue weighted by Crippen LogP contribution is 2.23. The topological polar surface area (TPSA) is 72.8 Å². The van der Waals surface area contributed by atoms with E-state index in [4.69, 9.17) is 16.3 Å². The zero-order valence-electron chi connectivity index (χ0n) is 9.60. The summed E-state index contributed by atoms with van der Waals surface area (Å²) in [6, 6.07) is 3.89. The number of carbonyl (C=O) groups excluding carboxylic acids is 2. The lowest BCUT2D eigenvalue weighted by Crippen LogP contribution is -2.13. The van der Waals surface area contributed by atoms with Crippen LogP contribution in [0.3, 0.4) is 0 Å². The fraction of sp³-hybridized carbons (Fsp3) is 0.167. The molecule has 0 bridgehead atoms. The van der Waals surface area contributed by atoms with Crippen molar-refractivity contribution in [3.63, 3.8) is 0 Å². The third kappa shape index (κ3) is 3.49. The Morgan fingerprint density at radius 2 is 2.11 bits per heavy atom. The normalized spacial score (nSPS) is 9.67. The molecule has 6 heteroatoms. The predicted molar refractivity (Wildman–Crippen MR) is 64.6 cm³/mol. The van der Waals surface area contributed by atoms with Crippen molar-refractivity contribution in [1.29, 1.82) is 0 Å². The van der Waals surface area contributed by atoms with Crippen LogP contribution in [0.25, 0.3) is 0 Å². The first kappa shape index (κ1) is 14.1. The van der Waals surface area contributed by atoms with Crippen molar-refractivity contribution in [2.24, 2.45) is 0 Å². The minimum Gasteiger partial charge on any atom is -0.506 e. The van der Waals surface area contributed by atoms with Crippen molar-refractivity contribution in [2.45, 2.75) is 0 Å². The van der Waals surface area contributed by atoms with Gasteiger partial charge in [-0.25, -0.2) is 9.59 Å². The van der Waals surface area contributed by atoms with Crippen molar-refractivity contribution in [3.8, 4) is 5.75 Å². The van der Waals surface area contributed by atoms with Gasteiger partial charge in [0.25, 0.3) is 0 Å². The molecule has 0 atom stereocenters. The van der Waals surface area contributed by atoms with Crippen molar-refractivity contribution in [2.75, 3.05) is 13.7 Å². The fourth-order valence-electron chi connectivity index (χ4n) is 1.07. The Morgan fingerprint density at radius 3 is 2.67 bits per heavy atom. The molecule has 0 aliphatic carbocycles. The maximum absolute atomic E-state index is 11.6. The smallest absolute Gasteiger partial charge is 0.338 e. The minimum absolute atomic E-state index is 0.0238. The molecule has 0 saturated heterocycles. The number of phenols is 1. The fourth-order valence-corrected chi connectivity index (χ4v) is 1.25. The first-order chi connectivity index (χ1) is 8.45. The molecule has 0 heterocycles. The summed E-state index contributed by atoms with van der Waals surface area (Å²) in [6.45, 7) is 3.13. The van der Waals surface area contributed by atoms with Gasteiger partial charge in [0.2, 0.25) is 0 Å². The number of aromatic hydroxyl groups is 1. The second-order valence-corrected chi connectivity index (χ2v) is 3.74. The summed E-state index contributed by atoms with van der Waals surface area (Å²) < 4.78 is 9.23. The van der Waals surface area contributed by atoms with E-state index < -0.39 is 11.9 Å². The van der Waals surface area contributed by atoms with E-state index in [2.05, 4.69) is 11.3 Å². The van der Waals surface area contributed by atoms with Gasteiger partial charge in [-0.1, -0.05) is 18.2 Å². The molecule has 18 heavy (non-hydrogen) atoms. The SMILES string of the molecule is C=C(COC(=O)c1ccc(O)c(Cl)c1)C(=O)OC. The largest absolute Gasteiger partial charge is 0.506 e. The van der Waals surface area contributed by atoms with E-state index in [1.807, 2.05) is 0 Å². The summed E-state index contributed by atoms with van der Waals surface area (Å²) >= 11 is 5.64. The quantitative estimate of drug-likeness (QED) is 0.668.